The zero-order valence-electron chi connectivity index (χ0n) is 17.3. The Morgan fingerprint density at radius 2 is 1.93 bits per heavy atom. The third kappa shape index (κ3) is 2.91. The van der Waals surface area contributed by atoms with E-state index in [1.54, 1.807) is 31.1 Å². The van der Waals surface area contributed by atoms with Crippen LogP contribution in [-0.4, -0.2) is 42.6 Å². The summed E-state index contributed by atoms with van der Waals surface area (Å²) in [6, 6.07) is 16.2. The average molecular weight is 403 g/mol. The summed E-state index contributed by atoms with van der Waals surface area (Å²) >= 11 is 0. The number of aromatic nitrogens is 2. The number of hydrogen-bond acceptors (Lipinski definition) is 4. The van der Waals surface area contributed by atoms with Gasteiger partial charge in [0.1, 0.15) is 11.4 Å². The Hall–Kier alpha value is -3.12. The van der Waals surface area contributed by atoms with Crippen LogP contribution in [0.4, 0.5) is 5.69 Å². The molecule has 0 N–H and O–H groups in total. The molecule has 0 aliphatic carbocycles. The highest BCUT2D eigenvalue weighted by molar-refractivity contribution is 6.07. The number of methoxy groups -OCH3 is 1. The second kappa shape index (κ2) is 7.29. The molecule has 154 valence electrons. The van der Waals surface area contributed by atoms with E-state index in [0.717, 1.165) is 35.4 Å². The number of carbonyl (C=O) groups is 1. The van der Waals surface area contributed by atoms with E-state index in [-0.39, 0.29) is 11.3 Å². The summed E-state index contributed by atoms with van der Waals surface area (Å²) in [7, 11) is 3.50. The van der Waals surface area contributed by atoms with E-state index in [1.165, 1.54) is 5.56 Å². The standard InChI is InChI=1S/C24H25N3O3/c1-26-21(9-12-25-26)23(28)27-16-24(10-13-30-14-11-24)19-15-17(7-8-20(19)27)18-5-3-4-6-22(18)29-2/h3-9,12,15H,10-11,13-14,16H2,1-2H3. The van der Waals surface area contributed by atoms with Crippen molar-refractivity contribution in [1.29, 1.82) is 0 Å². The smallest absolute Gasteiger partial charge is 0.276 e. The first-order chi connectivity index (χ1) is 14.6. The minimum atomic E-state index is -0.0835. The van der Waals surface area contributed by atoms with Crippen LogP contribution in [0.3, 0.4) is 0 Å². The highest BCUT2D eigenvalue weighted by atomic mass is 16.5. The fourth-order valence-electron chi connectivity index (χ4n) is 4.81. The molecule has 30 heavy (non-hydrogen) atoms. The maximum Gasteiger partial charge on any atom is 0.276 e. The van der Waals surface area contributed by atoms with Crippen molar-refractivity contribution in [2.75, 3.05) is 31.8 Å². The molecule has 2 aliphatic rings. The zero-order valence-corrected chi connectivity index (χ0v) is 17.3. The molecule has 1 saturated heterocycles. The van der Waals surface area contributed by atoms with Crippen molar-refractivity contribution < 1.29 is 14.3 Å². The number of rotatable bonds is 3. The van der Waals surface area contributed by atoms with E-state index in [0.29, 0.717) is 25.5 Å². The van der Waals surface area contributed by atoms with Crippen LogP contribution in [0.25, 0.3) is 11.1 Å². The second-order valence-electron chi connectivity index (χ2n) is 8.06. The number of para-hydroxylation sites is 1. The Bertz CT molecular complexity index is 1100. The first-order valence-corrected chi connectivity index (χ1v) is 10.3. The van der Waals surface area contributed by atoms with Crippen LogP contribution in [0, 0.1) is 0 Å². The Morgan fingerprint density at radius 1 is 1.13 bits per heavy atom. The minimum Gasteiger partial charge on any atom is -0.496 e. The normalized spacial score (nSPS) is 17.2. The Morgan fingerprint density at radius 3 is 2.67 bits per heavy atom. The van der Waals surface area contributed by atoms with Crippen LogP contribution in [-0.2, 0) is 17.2 Å². The number of nitrogens with zero attached hydrogens (tertiary/aromatic N) is 3. The molecule has 0 unspecified atom stereocenters. The van der Waals surface area contributed by atoms with Gasteiger partial charge in [0.2, 0.25) is 0 Å². The molecule has 1 aromatic heterocycles. The summed E-state index contributed by atoms with van der Waals surface area (Å²) in [6.07, 6.45) is 3.48. The molecule has 2 aliphatic heterocycles. The molecule has 0 saturated carbocycles. The molecule has 2 aromatic carbocycles. The fraction of sp³-hybridized carbons (Fsp3) is 0.333. The number of fused-ring (bicyclic) bond motifs is 2. The predicted octanol–water partition coefficient (Wildman–Crippen LogP) is 3.80. The van der Waals surface area contributed by atoms with Crippen LogP contribution in [0.5, 0.6) is 5.75 Å². The van der Waals surface area contributed by atoms with Gasteiger partial charge in [0.25, 0.3) is 5.91 Å². The van der Waals surface area contributed by atoms with Crippen molar-refractivity contribution in [3.8, 4) is 16.9 Å². The number of benzene rings is 2. The fourth-order valence-corrected chi connectivity index (χ4v) is 4.81. The van der Waals surface area contributed by atoms with Gasteiger partial charge < -0.3 is 14.4 Å². The third-order valence-electron chi connectivity index (χ3n) is 6.47. The largest absolute Gasteiger partial charge is 0.496 e. The zero-order chi connectivity index (χ0) is 20.7. The Labute approximate surface area is 176 Å². The molecular formula is C24H25N3O3. The van der Waals surface area contributed by atoms with Gasteiger partial charge in [-0.25, -0.2) is 0 Å². The molecule has 3 aromatic rings. The summed E-state index contributed by atoms with van der Waals surface area (Å²) in [5.41, 5.74) is 4.89. The Balaban J connectivity index is 1.62. The van der Waals surface area contributed by atoms with Gasteiger partial charge >= 0.3 is 0 Å². The van der Waals surface area contributed by atoms with E-state index < -0.39 is 0 Å². The van der Waals surface area contributed by atoms with E-state index in [1.807, 2.05) is 23.1 Å². The van der Waals surface area contributed by atoms with Gasteiger partial charge in [-0.2, -0.15) is 5.10 Å². The maximum absolute atomic E-state index is 13.4. The molecular weight excluding hydrogens is 378 g/mol. The summed E-state index contributed by atoms with van der Waals surface area (Å²) in [5.74, 6) is 0.837. The summed E-state index contributed by atoms with van der Waals surface area (Å²) in [5, 5.41) is 4.18. The monoisotopic (exact) mass is 403 g/mol. The van der Waals surface area contributed by atoms with Crippen molar-refractivity contribution in [3.05, 3.63) is 66.0 Å². The maximum atomic E-state index is 13.4. The number of ether oxygens (including phenoxy) is 2. The number of carbonyl (C=O) groups excluding carboxylic acids is 1. The van der Waals surface area contributed by atoms with Crippen LogP contribution in [0.15, 0.2) is 54.7 Å². The van der Waals surface area contributed by atoms with E-state index in [4.69, 9.17) is 9.47 Å². The molecule has 1 spiro atoms. The van der Waals surface area contributed by atoms with Crippen molar-refractivity contribution in [2.24, 2.45) is 7.05 Å². The molecule has 0 atom stereocenters. The average Bonchev–Trinajstić information content (AvgIpc) is 3.35. The number of hydrogen-bond donors (Lipinski definition) is 0. The van der Waals surface area contributed by atoms with E-state index >= 15 is 0 Å². The van der Waals surface area contributed by atoms with Gasteiger partial charge in [-0.05, 0) is 48.2 Å². The van der Waals surface area contributed by atoms with Crippen LogP contribution >= 0.6 is 0 Å². The van der Waals surface area contributed by atoms with E-state index in [2.05, 4.69) is 29.4 Å². The van der Waals surface area contributed by atoms with E-state index in [9.17, 15) is 4.79 Å². The van der Waals surface area contributed by atoms with Crippen molar-refractivity contribution >= 4 is 11.6 Å². The summed E-state index contributed by atoms with van der Waals surface area (Å²) < 4.78 is 12.9. The predicted molar refractivity (Wildman–Crippen MR) is 115 cm³/mol. The highest BCUT2D eigenvalue weighted by Gasteiger charge is 2.46. The molecule has 0 bridgehead atoms. The Kier molecular flexibility index (Phi) is 4.59. The number of aryl methyl sites for hydroxylation is 1. The molecule has 3 heterocycles. The highest BCUT2D eigenvalue weighted by Crippen LogP contribution is 2.49. The summed E-state index contributed by atoms with van der Waals surface area (Å²) in [4.78, 5) is 15.3. The SMILES string of the molecule is COc1ccccc1-c1ccc2c(c1)C1(CCOCC1)CN2C(=O)c1ccnn1C. The van der Waals surface area contributed by atoms with Gasteiger partial charge in [-0.1, -0.05) is 24.3 Å². The molecule has 5 rings (SSSR count). The first-order valence-electron chi connectivity index (χ1n) is 10.3. The first kappa shape index (κ1) is 18.9. The van der Waals surface area contributed by atoms with Gasteiger partial charge in [0.15, 0.2) is 0 Å². The number of anilines is 1. The lowest BCUT2D eigenvalue weighted by Crippen LogP contribution is -2.41. The molecule has 6 heteroatoms. The minimum absolute atomic E-state index is 0.00958. The van der Waals surface area contributed by atoms with Crippen molar-refractivity contribution in [1.82, 2.24) is 9.78 Å². The topological polar surface area (TPSA) is 56.6 Å². The summed E-state index contributed by atoms with van der Waals surface area (Å²) in [6.45, 7) is 2.10. The lowest BCUT2D eigenvalue weighted by molar-refractivity contribution is 0.0546. The van der Waals surface area contributed by atoms with Crippen LogP contribution in [0.2, 0.25) is 0 Å². The van der Waals surface area contributed by atoms with Gasteiger partial charge in [0, 0.05) is 49.7 Å². The number of amides is 1. The second-order valence-corrected chi connectivity index (χ2v) is 8.06. The lowest BCUT2D eigenvalue weighted by Gasteiger charge is -2.34. The molecule has 6 nitrogen and oxygen atoms in total. The van der Waals surface area contributed by atoms with Crippen molar-refractivity contribution in [2.45, 2.75) is 18.3 Å². The molecule has 1 amide bonds. The van der Waals surface area contributed by atoms with Crippen molar-refractivity contribution in [3.63, 3.8) is 0 Å². The quantitative estimate of drug-likeness (QED) is 0.667. The van der Waals surface area contributed by atoms with Crippen LogP contribution < -0.4 is 9.64 Å². The van der Waals surface area contributed by atoms with Gasteiger partial charge in [0.05, 0.1) is 7.11 Å². The van der Waals surface area contributed by atoms with Gasteiger partial charge in [-0.3, -0.25) is 9.48 Å². The van der Waals surface area contributed by atoms with Crippen LogP contribution in [0.1, 0.15) is 28.9 Å². The lowest BCUT2D eigenvalue weighted by atomic mass is 9.75. The third-order valence-corrected chi connectivity index (χ3v) is 6.47. The molecule has 0 radical (unpaired) electrons. The van der Waals surface area contributed by atoms with Gasteiger partial charge in [-0.15, -0.1) is 0 Å². The molecule has 1 fully saturated rings.